The van der Waals surface area contributed by atoms with Crippen LogP contribution in [0.3, 0.4) is 0 Å². The number of nitrogens with one attached hydrogen (secondary N) is 2. The normalized spacial score (nSPS) is 14.1. The van der Waals surface area contributed by atoms with Gasteiger partial charge in [0.1, 0.15) is 0 Å². The molecule has 0 fully saturated rings. The van der Waals surface area contributed by atoms with Gasteiger partial charge in [-0.25, -0.2) is 4.79 Å². The van der Waals surface area contributed by atoms with E-state index in [1.54, 1.807) is 17.8 Å². The number of aliphatic hydroxyl groups excluding tert-OH is 1. The van der Waals surface area contributed by atoms with E-state index in [4.69, 9.17) is 5.11 Å². The Morgan fingerprint density at radius 2 is 2.29 bits per heavy atom. The molecule has 0 radical (unpaired) electrons. The number of hydrogen-bond donors (Lipinski definition) is 3. The first kappa shape index (κ1) is 13.5. The highest BCUT2D eigenvalue weighted by atomic mass is 16.3. The lowest BCUT2D eigenvalue weighted by atomic mass is 10.2. The van der Waals surface area contributed by atoms with E-state index in [0.717, 1.165) is 5.56 Å². The van der Waals surface area contributed by atoms with E-state index >= 15 is 0 Å². The smallest absolute Gasteiger partial charge is 0.315 e. The number of nitrogens with zero attached hydrogens (tertiary/aromatic N) is 2. The fourth-order valence-corrected chi connectivity index (χ4v) is 1.39. The summed E-state index contributed by atoms with van der Waals surface area (Å²) < 4.78 is 1.69. The van der Waals surface area contributed by atoms with Crippen LogP contribution in [0.2, 0.25) is 0 Å². The first-order valence-corrected chi connectivity index (χ1v) is 5.70. The van der Waals surface area contributed by atoms with Crippen LogP contribution in [0.15, 0.2) is 12.4 Å². The van der Waals surface area contributed by atoms with Crippen molar-refractivity contribution in [2.45, 2.75) is 32.4 Å². The molecular weight excluding hydrogens is 220 g/mol. The minimum Gasteiger partial charge on any atom is -0.393 e. The first-order chi connectivity index (χ1) is 7.99. The van der Waals surface area contributed by atoms with Gasteiger partial charge in [-0.15, -0.1) is 0 Å². The topological polar surface area (TPSA) is 79.2 Å². The lowest BCUT2D eigenvalue weighted by molar-refractivity contribution is 0.183. The van der Waals surface area contributed by atoms with E-state index in [0.29, 0.717) is 13.0 Å². The van der Waals surface area contributed by atoms with Crippen LogP contribution < -0.4 is 10.6 Å². The highest BCUT2D eigenvalue weighted by Crippen LogP contribution is 2.09. The molecule has 2 atom stereocenters. The first-order valence-electron chi connectivity index (χ1n) is 5.70. The van der Waals surface area contributed by atoms with E-state index in [1.165, 1.54) is 0 Å². The maximum Gasteiger partial charge on any atom is 0.315 e. The van der Waals surface area contributed by atoms with Crippen LogP contribution in [0.4, 0.5) is 4.79 Å². The Hall–Kier alpha value is -1.56. The van der Waals surface area contributed by atoms with Crippen molar-refractivity contribution in [3.05, 3.63) is 18.0 Å². The van der Waals surface area contributed by atoms with E-state index in [2.05, 4.69) is 15.7 Å². The summed E-state index contributed by atoms with van der Waals surface area (Å²) in [7, 11) is 1.83. The highest BCUT2D eigenvalue weighted by Gasteiger charge is 2.10. The van der Waals surface area contributed by atoms with Gasteiger partial charge in [0.15, 0.2) is 0 Å². The van der Waals surface area contributed by atoms with Gasteiger partial charge in [-0.3, -0.25) is 4.68 Å². The molecule has 0 aliphatic rings. The molecular formula is C11H20N4O2. The van der Waals surface area contributed by atoms with Crippen molar-refractivity contribution in [3.8, 4) is 0 Å². The monoisotopic (exact) mass is 240 g/mol. The Kier molecular flexibility index (Phi) is 4.96. The zero-order chi connectivity index (χ0) is 12.8. The molecule has 0 saturated carbocycles. The standard InChI is InChI=1S/C11H20N4O2/c1-8(16)4-5-12-11(17)14-9(2)10-6-13-15(3)7-10/h6-9,16H,4-5H2,1-3H3,(H2,12,14,17). The molecule has 3 N–H and O–H groups in total. The van der Waals surface area contributed by atoms with Crippen molar-refractivity contribution in [2.24, 2.45) is 7.05 Å². The Bertz CT molecular complexity index is 362. The fraction of sp³-hybridized carbons (Fsp3) is 0.636. The molecule has 2 unspecified atom stereocenters. The summed E-state index contributed by atoms with van der Waals surface area (Å²) >= 11 is 0. The number of amides is 2. The maximum absolute atomic E-state index is 11.5. The van der Waals surface area contributed by atoms with Gasteiger partial charge in [0.05, 0.1) is 18.3 Å². The van der Waals surface area contributed by atoms with E-state index in [1.807, 2.05) is 20.2 Å². The van der Waals surface area contributed by atoms with Crippen LogP contribution in [0.5, 0.6) is 0 Å². The zero-order valence-electron chi connectivity index (χ0n) is 10.5. The second-order valence-corrected chi connectivity index (χ2v) is 4.21. The number of aromatic nitrogens is 2. The van der Waals surface area contributed by atoms with Crippen molar-refractivity contribution in [3.63, 3.8) is 0 Å². The van der Waals surface area contributed by atoms with Crippen molar-refractivity contribution >= 4 is 6.03 Å². The molecule has 6 nitrogen and oxygen atoms in total. The molecule has 0 aliphatic heterocycles. The SMILES string of the molecule is CC(O)CCNC(=O)NC(C)c1cnn(C)c1. The number of carbonyl (C=O) groups excluding carboxylic acids is 1. The lowest BCUT2D eigenvalue weighted by Gasteiger charge is -2.13. The van der Waals surface area contributed by atoms with Gasteiger partial charge in [-0.1, -0.05) is 0 Å². The molecule has 6 heteroatoms. The van der Waals surface area contributed by atoms with Crippen molar-refractivity contribution in [2.75, 3.05) is 6.54 Å². The highest BCUT2D eigenvalue weighted by molar-refractivity contribution is 5.74. The Balaban J connectivity index is 2.31. The Morgan fingerprint density at radius 3 is 2.82 bits per heavy atom. The summed E-state index contributed by atoms with van der Waals surface area (Å²) in [6.07, 6.45) is 3.74. The molecule has 0 aliphatic carbocycles. The average Bonchev–Trinajstić information content (AvgIpc) is 2.64. The van der Waals surface area contributed by atoms with Crippen molar-refractivity contribution in [1.29, 1.82) is 0 Å². The van der Waals surface area contributed by atoms with Gasteiger partial charge >= 0.3 is 6.03 Å². The fourth-order valence-electron chi connectivity index (χ4n) is 1.39. The summed E-state index contributed by atoms with van der Waals surface area (Å²) in [5, 5.41) is 18.6. The molecule has 1 rings (SSSR count). The molecule has 1 heterocycles. The molecule has 2 amide bonds. The lowest BCUT2D eigenvalue weighted by Crippen LogP contribution is -2.38. The van der Waals surface area contributed by atoms with Gasteiger partial charge in [0, 0.05) is 25.4 Å². The molecule has 96 valence electrons. The van der Waals surface area contributed by atoms with Gasteiger partial charge in [-0.2, -0.15) is 5.10 Å². The predicted octanol–water partition coefficient (Wildman–Crippen LogP) is 0.551. The summed E-state index contributed by atoms with van der Waals surface area (Å²) in [6, 6.07) is -0.322. The van der Waals surface area contributed by atoms with Crippen LogP contribution in [0.25, 0.3) is 0 Å². The van der Waals surface area contributed by atoms with Gasteiger partial charge < -0.3 is 15.7 Å². The molecule has 1 aromatic rings. The van der Waals surface area contributed by atoms with Crippen molar-refractivity contribution in [1.82, 2.24) is 20.4 Å². The summed E-state index contributed by atoms with van der Waals surface area (Å²) in [5.41, 5.74) is 0.957. The number of carbonyl (C=O) groups is 1. The number of rotatable bonds is 5. The number of hydrogen-bond acceptors (Lipinski definition) is 3. The van der Waals surface area contributed by atoms with Crippen LogP contribution in [0.1, 0.15) is 31.9 Å². The van der Waals surface area contributed by atoms with Gasteiger partial charge in [0.2, 0.25) is 0 Å². The molecule has 17 heavy (non-hydrogen) atoms. The van der Waals surface area contributed by atoms with Crippen molar-refractivity contribution < 1.29 is 9.90 Å². The third-order valence-electron chi connectivity index (χ3n) is 2.42. The van der Waals surface area contributed by atoms with Crippen LogP contribution in [0, 0.1) is 0 Å². The maximum atomic E-state index is 11.5. The summed E-state index contributed by atoms with van der Waals surface area (Å²) in [4.78, 5) is 11.5. The van der Waals surface area contributed by atoms with Crippen LogP contribution >= 0.6 is 0 Å². The van der Waals surface area contributed by atoms with E-state index in [-0.39, 0.29) is 12.1 Å². The Labute approximate surface area is 101 Å². The van der Waals surface area contributed by atoms with Gasteiger partial charge in [0.25, 0.3) is 0 Å². The second-order valence-electron chi connectivity index (χ2n) is 4.21. The molecule has 0 spiro atoms. The summed E-state index contributed by atoms with van der Waals surface area (Å²) in [6.45, 7) is 4.05. The van der Waals surface area contributed by atoms with Crippen LogP contribution in [-0.4, -0.2) is 33.6 Å². The minimum absolute atomic E-state index is 0.0877. The molecule has 0 bridgehead atoms. The van der Waals surface area contributed by atoms with Gasteiger partial charge in [-0.05, 0) is 20.3 Å². The van der Waals surface area contributed by atoms with E-state index in [9.17, 15) is 4.79 Å². The number of aliphatic hydroxyl groups is 1. The van der Waals surface area contributed by atoms with Crippen LogP contribution in [-0.2, 0) is 7.05 Å². The molecule has 0 aromatic carbocycles. The largest absolute Gasteiger partial charge is 0.393 e. The third kappa shape index (κ3) is 4.86. The molecule has 1 aromatic heterocycles. The summed E-state index contributed by atoms with van der Waals surface area (Å²) in [5.74, 6) is 0. The Morgan fingerprint density at radius 1 is 1.59 bits per heavy atom. The molecule has 0 saturated heterocycles. The average molecular weight is 240 g/mol. The number of urea groups is 1. The zero-order valence-corrected chi connectivity index (χ0v) is 10.5. The second kappa shape index (κ2) is 6.24. The predicted molar refractivity (Wildman–Crippen MR) is 64.5 cm³/mol. The quantitative estimate of drug-likeness (QED) is 0.703. The third-order valence-corrected chi connectivity index (χ3v) is 2.42. The number of aryl methyl sites for hydroxylation is 1. The van der Waals surface area contributed by atoms with E-state index < -0.39 is 6.10 Å². The minimum atomic E-state index is -0.397.